The highest BCUT2D eigenvalue weighted by Gasteiger charge is 2.10. The predicted octanol–water partition coefficient (Wildman–Crippen LogP) is 3.54. The number of hydrogen-bond acceptors (Lipinski definition) is 5. The molecule has 0 unspecified atom stereocenters. The van der Waals surface area contributed by atoms with E-state index in [4.69, 9.17) is 4.74 Å². The van der Waals surface area contributed by atoms with E-state index in [1.807, 2.05) is 24.3 Å². The Morgan fingerprint density at radius 1 is 1.28 bits per heavy atom. The van der Waals surface area contributed by atoms with Gasteiger partial charge >= 0.3 is 0 Å². The van der Waals surface area contributed by atoms with Crippen molar-refractivity contribution in [2.24, 2.45) is 5.10 Å². The van der Waals surface area contributed by atoms with E-state index in [-0.39, 0.29) is 11.3 Å². The van der Waals surface area contributed by atoms with Crippen molar-refractivity contribution in [2.45, 2.75) is 19.8 Å². The molecule has 0 bridgehead atoms. The second-order valence-electron chi connectivity index (χ2n) is 5.28. The highest BCUT2D eigenvalue weighted by atomic mass is 16.6. The molecule has 0 aliphatic rings. The normalized spacial score (nSPS) is 10.6. The Kier molecular flexibility index (Phi) is 6.65. The number of nitro groups is 1. The van der Waals surface area contributed by atoms with Gasteiger partial charge in [-0.25, -0.2) is 5.43 Å². The third-order valence-corrected chi connectivity index (χ3v) is 3.35. The number of hydrazone groups is 1. The number of nitro benzene ring substituents is 1. The first-order valence-electron chi connectivity index (χ1n) is 7.91. The summed E-state index contributed by atoms with van der Waals surface area (Å²) in [6.07, 6.45) is 3.58. The van der Waals surface area contributed by atoms with Crippen molar-refractivity contribution >= 4 is 17.8 Å². The van der Waals surface area contributed by atoms with Gasteiger partial charge in [0.05, 0.1) is 17.7 Å². The van der Waals surface area contributed by atoms with Gasteiger partial charge in [0, 0.05) is 17.7 Å². The molecular weight excluding hydrogens is 322 g/mol. The van der Waals surface area contributed by atoms with Crippen molar-refractivity contribution in [3.8, 4) is 5.75 Å². The molecule has 0 aromatic heterocycles. The molecule has 2 aromatic rings. The van der Waals surface area contributed by atoms with E-state index in [9.17, 15) is 14.9 Å². The molecule has 25 heavy (non-hydrogen) atoms. The monoisotopic (exact) mass is 341 g/mol. The van der Waals surface area contributed by atoms with Crippen molar-refractivity contribution in [1.82, 2.24) is 5.43 Å². The van der Waals surface area contributed by atoms with E-state index in [0.29, 0.717) is 6.61 Å². The lowest BCUT2D eigenvalue weighted by atomic mass is 10.2. The molecule has 0 saturated carbocycles. The van der Waals surface area contributed by atoms with Gasteiger partial charge in [0.15, 0.2) is 0 Å². The van der Waals surface area contributed by atoms with Crippen LogP contribution < -0.4 is 10.2 Å². The van der Waals surface area contributed by atoms with Gasteiger partial charge in [-0.15, -0.1) is 0 Å². The minimum Gasteiger partial charge on any atom is -0.494 e. The Labute approximate surface area is 145 Å². The molecule has 0 aliphatic carbocycles. The summed E-state index contributed by atoms with van der Waals surface area (Å²) in [5.41, 5.74) is 3.17. The van der Waals surface area contributed by atoms with Crippen LogP contribution in [0.3, 0.4) is 0 Å². The number of carbonyl (C=O) groups is 1. The molecule has 0 aliphatic heterocycles. The molecule has 7 nitrogen and oxygen atoms in total. The lowest BCUT2D eigenvalue weighted by Crippen LogP contribution is -2.17. The Bertz CT molecular complexity index is 757. The van der Waals surface area contributed by atoms with Crippen LogP contribution in [0.2, 0.25) is 0 Å². The van der Waals surface area contributed by atoms with Crippen LogP contribution >= 0.6 is 0 Å². The molecule has 130 valence electrons. The fraction of sp³-hybridized carbons (Fsp3) is 0.222. The van der Waals surface area contributed by atoms with Gasteiger partial charge in [0.2, 0.25) is 0 Å². The average Bonchev–Trinajstić information content (AvgIpc) is 2.63. The second kappa shape index (κ2) is 9.17. The van der Waals surface area contributed by atoms with Crippen molar-refractivity contribution in [3.63, 3.8) is 0 Å². The number of carbonyl (C=O) groups excluding carboxylic acids is 1. The maximum atomic E-state index is 11.9. The van der Waals surface area contributed by atoms with Gasteiger partial charge in [-0.1, -0.05) is 19.4 Å². The minimum atomic E-state index is -0.551. The van der Waals surface area contributed by atoms with E-state index in [2.05, 4.69) is 17.5 Å². The van der Waals surface area contributed by atoms with E-state index in [0.717, 1.165) is 24.2 Å². The van der Waals surface area contributed by atoms with Gasteiger partial charge < -0.3 is 4.74 Å². The fourth-order valence-corrected chi connectivity index (χ4v) is 1.98. The van der Waals surface area contributed by atoms with Crippen LogP contribution in [0.5, 0.6) is 5.75 Å². The number of nitrogens with zero attached hydrogens (tertiary/aromatic N) is 2. The molecule has 0 fully saturated rings. The van der Waals surface area contributed by atoms with Gasteiger partial charge in [-0.05, 0) is 42.3 Å². The molecule has 0 atom stereocenters. The van der Waals surface area contributed by atoms with Crippen LogP contribution in [0.1, 0.15) is 35.7 Å². The summed E-state index contributed by atoms with van der Waals surface area (Å²) in [6.45, 7) is 2.79. The van der Waals surface area contributed by atoms with E-state index >= 15 is 0 Å². The minimum absolute atomic E-state index is 0.143. The lowest BCUT2D eigenvalue weighted by molar-refractivity contribution is -0.384. The maximum Gasteiger partial charge on any atom is 0.271 e. The van der Waals surface area contributed by atoms with Gasteiger partial charge in [0.1, 0.15) is 5.75 Å². The van der Waals surface area contributed by atoms with Crippen LogP contribution in [-0.4, -0.2) is 23.7 Å². The van der Waals surface area contributed by atoms with E-state index in [1.165, 1.54) is 30.5 Å². The van der Waals surface area contributed by atoms with Crippen molar-refractivity contribution < 1.29 is 14.5 Å². The number of rotatable bonds is 8. The van der Waals surface area contributed by atoms with Crippen molar-refractivity contribution in [3.05, 3.63) is 69.8 Å². The molecule has 0 saturated heterocycles. The molecule has 7 heteroatoms. The molecule has 1 amide bonds. The quantitative estimate of drug-likeness (QED) is 0.344. The molecule has 1 N–H and O–H groups in total. The Morgan fingerprint density at radius 3 is 2.72 bits per heavy atom. The number of benzene rings is 2. The first-order chi connectivity index (χ1) is 12.1. The largest absolute Gasteiger partial charge is 0.494 e. The van der Waals surface area contributed by atoms with E-state index in [1.54, 1.807) is 0 Å². The number of nitrogens with one attached hydrogen (secondary N) is 1. The number of amides is 1. The van der Waals surface area contributed by atoms with Crippen LogP contribution in [0, 0.1) is 10.1 Å². The zero-order valence-corrected chi connectivity index (χ0v) is 13.8. The lowest BCUT2D eigenvalue weighted by Gasteiger charge is -2.05. The van der Waals surface area contributed by atoms with Crippen LogP contribution in [-0.2, 0) is 0 Å². The Morgan fingerprint density at radius 2 is 2.04 bits per heavy atom. The van der Waals surface area contributed by atoms with Gasteiger partial charge in [-0.3, -0.25) is 14.9 Å². The Hall–Kier alpha value is -3.22. The number of hydrogen-bond donors (Lipinski definition) is 1. The second-order valence-corrected chi connectivity index (χ2v) is 5.28. The SMILES string of the molecule is CCCCOc1ccc(/C=N/NC(=O)c2cccc([N+](=O)[O-])c2)cc1. The predicted molar refractivity (Wildman–Crippen MR) is 95.0 cm³/mol. The summed E-state index contributed by atoms with van der Waals surface area (Å²) in [7, 11) is 0. The first kappa shape index (κ1) is 18.1. The Balaban J connectivity index is 1.90. The summed E-state index contributed by atoms with van der Waals surface area (Å²) in [5.74, 6) is 0.269. The highest BCUT2D eigenvalue weighted by Crippen LogP contribution is 2.13. The summed E-state index contributed by atoms with van der Waals surface area (Å²) >= 11 is 0. The summed E-state index contributed by atoms with van der Waals surface area (Å²) in [4.78, 5) is 22.1. The average molecular weight is 341 g/mol. The third-order valence-electron chi connectivity index (χ3n) is 3.35. The molecular formula is C18H19N3O4. The highest BCUT2D eigenvalue weighted by molar-refractivity contribution is 5.95. The maximum absolute atomic E-state index is 11.9. The summed E-state index contributed by atoms with van der Waals surface area (Å²) < 4.78 is 5.56. The summed E-state index contributed by atoms with van der Waals surface area (Å²) in [5, 5.41) is 14.6. The van der Waals surface area contributed by atoms with Crippen molar-refractivity contribution in [1.29, 1.82) is 0 Å². The zero-order valence-electron chi connectivity index (χ0n) is 13.8. The van der Waals surface area contributed by atoms with Gasteiger partial charge in [-0.2, -0.15) is 5.10 Å². The third kappa shape index (κ3) is 5.72. The molecule has 2 aromatic carbocycles. The topological polar surface area (TPSA) is 93.8 Å². The molecule has 0 heterocycles. The molecule has 2 rings (SSSR count). The van der Waals surface area contributed by atoms with Crippen LogP contribution in [0.4, 0.5) is 5.69 Å². The molecule has 0 radical (unpaired) electrons. The summed E-state index contributed by atoms with van der Waals surface area (Å²) in [6, 6.07) is 12.8. The number of non-ortho nitro benzene ring substituents is 1. The zero-order chi connectivity index (χ0) is 18.1. The van der Waals surface area contributed by atoms with E-state index < -0.39 is 10.8 Å². The first-order valence-corrected chi connectivity index (χ1v) is 7.91. The molecule has 0 spiro atoms. The number of ether oxygens (including phenoxy) is 1. The van der Waals surface area contributed by atoms with Crippen LogP contribution in [0.15, 0.2) is 53.6 Å². The standard InChI is InChI=1S/C18H19N3O4/c1-2-3-11-25-17-9-7-14(8-10-17)13-19-20-18(22)15-5-4-6-16(12-15)21(23)24/h4-10,12-13H,2-3,11H2,1H3,(H,20,22)/b19-13+. The van der Waals surface area contributed by atoms with Crippen LogP contribution in [0.25, 0.3) is 0 Å². The smallest absolute Gasteiger partial charge is 0.271 e. The van der Waals surface area contributed by atoms with Gasteiger partial charge in [0.25, 0.3) is 11.6 Å². The fourth-order valence-electron chi connectivity index (χ4n) is 1.98. The number of unbranched alkanes of at least 4 members (excludes halogenated alkanes) is 1. The van der Waals surface area contributed by atoms with Crippen molar-refractivity contribution in [2.75, 3.05) is 6.61 Å².